The molecule has 5 nitrogen and oxygen atoms in total. The van der Waals surface area contributed by atoms with E-state index in [4.69, 9.17) is 11.6 Å². The molecule has 27 heavy (non-hydrogen) atoms. The molecule has 0 spiro atoms. The maximum atomic E-state index is 12.6. The summed E-state index contributed by atoms with van der Waals surface area (Å²) < 4.78 is 25.4. The Morgan fingerprint density at radius 1 is 1.11 bits per heavy atom. The van der Waals surface area contributed by atoms with Gasteiger partial charge in [-0.25, -0.2) is 8.42 Å². The molecule has 0 heterocycles. The molecule has 0 aliphatic rings. The van der Waals surface area contributed by atoms with E-state index in [2.05, 4.69) is 11.4 Å². The van der Waals surface area contributed by atoms with Gasteiger partial charge in [0.1, 0.15) is 6.54 Å². The summed E-state index contributed by atoms with van der Waals surface area (Å²) >= 11 is 5.87. The van der Waals surface area contributed by atoms with Crippen LogP contribution in [-0.4, -0.2) is 27.1 Å². The van der Waals surface area contributed by atoms with Crippen LogP contribution in [0.25, 0.3) is 0 Å². The van der Waals surface area contributed by atoms with Gasteiger partial charge in [-0.2, -0.15) is 0 Å². The largest absolute Gasteiger partial charge is 0.348 e. The summed E-state index contributed by atoms with van der Waals surface area (Å²) in [6.07, 6.45) is 1.78. The predicted octanol–water partition coefficient (Wildman–Crippen LogP) is 3.99. The number of halogens is 1. The zero-order chi connectivity index (χ0) is 20.2. The third kappa shape index (κ3) is 5.71. The first-order valence-electron chi connectivity index (χ1n) is 8.71. The summed E-state index contributed by atoms with van der Waals surface area (Å²) in [5, 5.41) is 3.44. The van der Waals surface area contributed by atoms with Crippen molar-refractivity contribution in [1.29, 1.82) is 0 Å². The number of nitrogens with one attached hydrogen (secondary N) is 1. The van der Waals surface area contributed by atoms with Crippen LogP contribution in [0.15, 0.2) is 42.5 Å². The fourth-order valence-electron chi connectivity index (χ4n) is 2.78. The van der Waals surface area contributed by atoms with Crippen molar-refractivity contribution in [2.75, 3.05) is 17.1 Å². The lowest BCUT2D eigenvalue weighted by atomic mass is 9.99. The van der Waals surface area contributed by atoms with Crippen LogP contribution in [0.3, 0.4) is 0 Å². The normalized spacial score (nSPS) is 12.5. The lowest BCUT2D eigenvalue weighted by molar-refractivity contribution is -0.120. The van der Waals surface area contributed by atoms with Crippen molar-refractivity contribution in [3.63, 3.8) is 0 Å². The number of nitrogens with zero attached hydrogens (tertiary/aromatic N) is 1. The number of aryl methyl sites for hydroxylation is 2. The number of hydrogen-bond acceptors (Lipinski definition) is 3. The maximum absolute atomic E-state index is 12.6. The standard InChI is InChI=1S/C20H25ClN2O3S/c1-5-19(16-7-6-14(2)15(3)12-16)22-20(24)13-23(27(4,25)26)18-10-8-17(21)9-11-18/h6-12,19H,5,13H2,1-4H3,(H,22,24)/t19-/m1/s1. The number of hydrogen-bond donors (Lipinski definition) is 1. The van der Waals surface area contributed by atoms with Crippen LogP contribution in [0.2, 0.25) is 5.02 Å². The third-order valence-electron chi connectivity index (χ3n) is 4.48. The third-order valence-corrected chi connectivity index (χ3v) is 5.87. The van der Waals surface area contributed by atoms with Crippen molar-refractivity contribution >= 4 is 33.2 Å². The fraction of sp³-hybridized carbons (Fsp3) is 0.350. The highest BCUT2D eigenvalue weighted by Gasteiger charge is 2.22. The van der Waals surface area contributed by atoms with Gasteiger partial charge in [-0.1, -0.05) is 36.7 Å². The van der Waals surface area contributed by atoms with Gasteiger partial charge in [-0.3, -0.25) is 9.10 Å². The minimum Gasteiger partial charge on any atom is -0.348 e. The Morgan fingerprint density at radius 3 is 2.26 bits per heavy atom. The van der Waals surface area contributed by atoms with E-state index in [1.165, 1.54) is 5.56 Å². The van der Waals surface area contributed by atoms with Crippen molar-refractivity contribution in [3.8, 4) is 0 Å². The van der Waals surface area contributed by atoms with E-state index in [0.29, 0.717) is 17.1 Å². The Morgan fingerprint density at radius 2 is 1.74 bits per heavy atom. The Balaban J connectivity index is 2.19. The lowest BCUT2D eigenvalue weighted by Crippen LogP contribution is -2.41. The quantitative estimate of drug-likeness (QED) is 0.753. The highest BCUT2D eigenvalue weighted by atomic mass is 35.5. The number of rotatable bonds is 7. The Labute approximate surface area is 166 Å². The van der Waals surface area contributed by atoms with E-state index in [1.54, 1.807) is 24.3 Å². The van der Waals surface area contributed by atoms with Gasteiger partial charge in [0.05, 0.1) is 18.0 Å². The molecule has 0 fully saturated rings. The SMILES string of the molecule is CC[C@@H](NC(=O)CN(c1ccc(Cl)cc1)S(C)(=O)=O)c1ccc(C)c(C)c1. The maximum Gasteiger partial charge on any atom is 0.241 e. The second-order valence-corrected chi connectivity index (χ2v) is 8.96. The topological polar surface area (TPSA) is 66.5 Å². The smallest absolute Gasteiger partial charge is 0.241 e. The molecule has 2 aromatic carbocycles. The molecule has 0 unspecified atom stereocenters. The molecule has 2 rings (SSSR count). The predicted molar refractivity (Wildman–Crippen MR) is 111 cm³/mol. The molecule has 0 radical (unpaired) electrons. The van der Waals surface area contributed by atoms with Crippen molar-refractivity contribution in [2.24, 2.45) is 0 Å². The van der Waals surface area contributed by atoms with Crippen molar-refractivity contribution in [3.05, 3.63) is 64.2 Å². The average molecular weight is 409 g/mol. The highest BCUT2D eigenvalue weighted by molar-refractivity contribution is 7.92. The highest BCUT2D eigenvalue weighted by Crippen LogP contribution is 2.22. The second-order valence-electron chi connectivity index (χ2n) is 6.62. The van der Waals surface area contributed by atoms with E-state index in [1.807, 2.05) is 32.9 Å². The summed E-state index contributed by atoms with van der Waals surface area (Å²) in [6.45, 7) is 5.75. The summed E-state index contributed by atoms with van der Waals surface area (Å²) in [4.78, 5) is 12.6. The van der Waals surface area contributed by atoms with Gasteiger partial charge in [0.15, 0.2) is 0 Å². The first-order chi connectivity index (χ1) is 12.6. The number of sulfonamides is 1. The van der Waals surface area contributed by atoms with Gasteiger partial charge in [-0.15, -0.1) is 0 Å². The average Bonchev–Trinajstić information content (AvgIpc) is 2.60. The molecule has 0 bridgehead atoms. The van der Waals surface area contributed by atoms with Gasteiger partial charge in [-0.05, 0) is 61.2 Å². The van der Waals surface area contributed by atoms with Crippen LogP contribution in [0.1, 0.15) is 36.1 Å². The first-order valence-corrected chi connectivity index (χ1v) is 10.9. The molecule has 0 aliphatic heterocycles. The van der Waals surface area contributed by atoms with E-state index < -0.39 is 10.0 Å². The zero-order valence-corrected chi connectivity index (χ0v) is 17.6. The Hall–Kier alpha value is -2.05. The Kier molecular flexibility index (Phi) is 6.89. The monoisotopic (exact) mass is 408 g/mol. The van der Waals surface area contributed by atoms with E-state index in [9.17, 15) is 13.2 Å². The van der Waals surface area contributed by atoms with E-state index in [0.717, 1.165) is 21.7 Å². The molecular weight excluding hydrogens is 384 g/mol. The van der Waals surface area contributed by atoms with E-state index in [-0.39, 0.29) is 18.5 Å². The van der Waals surface area contributed by atoms with Crippen LogP contribution in [0, 0.1) is 13.8 Å². The van der Waals surface area contributed by atoms with Crippen LogP contribution >= 0.6 is 11.6 Å². The molecule has 0 aliphatic carbocycles. The van der Waals surface area contributed by atoms with Crippen LogP contribution < -0.4 is 9.62 Å². The number of carbonyl (C=O) groups excluding carboxylic acids is 1. The number of amides is 1. The van der Waals surface area contributed by atoms with Crippen LogP contribution in [0.5, 0.6) is 0 Å². The molecular formula is C20H25ClN2O3S. The van der Waals surface area contributed by atoms with Crippen LogP contribution in [0.4, 0.5) is 5.69 Å². The molecule has 0 aromatic heterocycles. The Bertz CT molecular complexity index is 911. The molecule has 0 saturated carbocycles. The van der Waals surface area contributed by atoms with Crippen molar-refractivity contribution < 1.29 is 13.2 Å². The molecule has 146 valence electrons. The zero-order valence-electron chi connectivity index (χ0n) is 16.0. The summed E-state index contributed by atoms with van der Waals surface area (Å²) in [5.41, 5.74) is 3.74. The number of anilines is 1. The fourth-order valence-corrected chi connectivity index (χ4v) is 3.76. The van der Waals surface area contributed by atoms with Gasteiger partial charge >= 0.3 is 0 Å². The van der Waals surface area contributed by atoms with Gasteiger partial charge in [0.25, 0.3) is 0 Å². The molecule has 1 atom stereocenters. The molecule has 2 aromatic rings. The number of benzene rings is 2. The minimum absolute atomic E-state index is 0.177. The second kappa shape index (κ2) is 8.76. The minimum atomic E-state index is -3.62. The molecule has 1 amide bonds. The van der Waals surface area contributed by atoms with Crippen molar-refractivity contribution in [2.45, 2.75) is 33.2 Å². The number of carbonyl (C=O) groups is 1. The summed E-state index contributed by atoms with van der Waals surface area (Å²) in [5.74, 6) is -0.361. The molecule has 1 N–H and O–H groups in total. The molecule has 7 heteroatoms. The van der Waals surface area contributed by atoms with Gasteiger partial charge < -0.3 is 5.32 Å². The van der Waals surface area contributed by atoms with E-state index >= 15 is 0 Å². The van der Waals surface area contributed by atoms with Gasteiger partial charge in [0.2, 0.25) is 15.9 Å². The lowest BCUT2D eigenvalue weighted by Gasteiger charge is -2.24. The molecule has 0 saturated heterocycles. The summed E-state index contributed by atoms with van der Waals surface area (Å²) in [6, 6.07) is 12.2. The first kappa shape index (κ1) is 21.3. The summed E-state index contributed by atoms with van der Waals surface area (Å²) in [7, 11) is -3.62. The van der Waals surface area contributed by atoms with Crippen LogP contribution in [-0.2, 0) is 14.8 Å². The van der Waals surface area contributed by atoms with Crippen molar-refractivity contribution in [1.82, 2.24) is 5.32 Å². The van der Waals surface area contributed by atoms with Gasteiger partial charge in [0, 0.05) is 5.02 Å².